The minimum absolute atomic E-state index is 0.00611. The first-order valence-electron chi connectivity index (χ1n) is 12.9. The van der Waals surface area contributed by atoms with Crippen LogP contribution >= 0.6 is 15.9 Å². The van der Waals surface area contributed by atoms with Crippen molar-refractivity contribution in [2.24, 2.45) is 5.10 Å². The smallest absolute Gasteiger partial charge is 0.263 e. The van der Waals surface area contributed by atoms with E-state index in [-0.39, 0.29) is 11.0 Å². The lowest BCUT2D eigenvalue weighted by Crippen LogP contribution is -2.42. The van der Waals surface area contributed by atoms with Gasteiger partial charge >= 0.3 is 0 Å². The molecule has 2 aliphatic rings. The lowest BCUT2D eigenvalue weighted by Gasteiger charge is -2.42. The Bertz CT molecular complexity index is 1530. The van der Waals surface area contributed by atoms with Crippen molar-refractivity contribution >= 4 is 28.1 Å². The Kier molecular flexibility index (Phi) is 6.29. The Morgan fingerprint density at radius 3 is 2.46 bits per heavy atom. The van der Waals surface area contributed by atoms with Crippen LogP contribution in [0, 0.1) is 6.92 Å². The highest BCUT2D eigenvalue weighted by molar-refractivity contribution is 9.10. The monoisotopic (exact) mass is 552 g/mol. The van der Waals surface area contributed by atoms with E-state index in [0.717, 1.165) is 70.2 Å². The molecule has 1 N–H and O–H groups in total. The highest BCUT2D eigenvalue weighted by Gasteiger charge is 2.43. The van der Waals surface area contributed by atoms with Crippen LogP contribution in [0.4, 0.5) is 5.95 Å². The van der Waals surface area contributed by atoms with Crippen molar-refractivity contribution in [1.29, 1.82) is 0 Å². The molecule has 0 bridgehead atoms. The molecule has 1 heterocycles. The summed E-state index contributed by atoms with van der Waals surface area (Å²) in [4.78, 5) is 19.6. The van der Waals surface area contributed by atoms with Gasteiger partial charge in [0.15, 0.2) is 0 Å². The Balaban J connectivity index is 1.55. The Morgan fingerprint density at radius 2 is 1.70 bits per heavy atom. The average Bonchev–Trinajstić information content (AvgIpc) is 2.91. The van der Waals surface area contributed by atoms with Crippen molar-refractivity contribution in [3.05, 3.63) is 110 Å². The van der Waals surface area contributed by atoms with E-state index in [1.165, 1.54) is 12.0 Å². The van der Waals surface area contributed by atoms with Gasteiger partial charge in [-0.3, -0.25) is 4.79 Å². The summed E-state index contributed by atoms with van der Waals surface area (Å²) in [7, 11) is 0. The molecule has 0 radical (unpaired) electrons. The predicted molar refractivity (Wildman–Crippen MR) is 154 cm³/mol. The van der Waals surface area contributed by atoms with E-state index >= 15 is 0 Å². The summed E-state index contributed by atoms with van der Waals surface area (Å²) >= 11 is 3.47. The zero-order valence-corrected chi connectivity index (χ0v) is 22.5. The van der Waals surface area contributed by atoms with E-state index in [1.807, 2.05) is 61.5 Å². The molecule has 186 valence electrons. The maximum atomic E-state index is 14.5. The standard InChI is InChI=1S/C31H29BrN4O/c1-21-9-15-25(16-10-21)36-29(37)27-28(34-30(36)35-33-20-22-11-13-24(32)14-12-22)26-8-4-3-7-23(26)19-31(27)17-5-2-6-18-31/h3-4,7-16,20H,2,5-6,17-19H2,1H3,(H,34,35)/b33-20+. The summed E-state index contributed by atoms with van der Waals surface area (Å²) < 4.78 is 2.72. The Labute approximate surface area is 225 Å². The van der Waals surface area contributed by atoms with Gasteiger partial charge in [0.2, 0.25) is 5.95 Å². The quantitative estimate of drug-likeness (QED) is 0.215. The maximum Gasteiger partial charge on any atom is 0.263 e. The molecule has 2 aliphatic carbocycles. The number of anilines is 1. The van der Waals surface area contributed by atoms with Crippen molar-refractivity contribution in [1.82, 2.24) is 9.55 Å². The molecule has 0 unspecified atom stereocenters. The molecule has 4 aromatic rings. The lowest BCUT2D eigenvalue weighted by atomic mass is 9.62. The van der Waals surface area contributed by atoms with Crippen LogP contribution in [-0.4, -0.2) is 15.8 Å². The third kappa shape index (κ3) is 4.44. The van der Waals surface area contributed by atoms with E-state index in [1.54, 1.807) is 10.8 Å². The lowest BCUT2D eigenvalue weighted by molar-refractivity contribution is 0.284. The highest BCUT2D eigenvalue weighted by Crippen LogP contribution is 2.48. The number of hydrazone groups is 1. The first-order valence-corrected chi connectivity index (χ1v) is 13.7. The molecule has 3 aromatic carbocycles. The van der Waals surface area contributed by atoms with Gasteiger partial charge in [0.1, 0.15) is 0 Å². The first-order chi connectivity index (χ1) is 18.0. The van der Waals surface area contributed by atoms with Gasteiger partial charge in [-0.15, -0.1) is 0 Å². The van der Waals surface area contributed by atoms with Crippen molar-refractivity contribution in [3.8, 4) is 16.9 Å². The summed E-state index contributed by atoms with van der Waals surface area (Å²) in [5, 5.41) is 4.48. The maximum absolute atomic E-state index is 14.5. The van der Waals surface area contributed by atoms with Crippen LogP contribution in [0.3, 0.4) is 0 Å². The average molecular weight is 554 g/mol. The molecule has 1 aromatic heterocycles. The molecule has 0 aliphatic heterocycles. The van der Waals surface area contributed by atoms with Crippen LogP contribution < -0.4 is 11.0 Å². The number of halogens is 1. The van der Waals surface area contributed by atoms with Gasteiger partial charge in [-0.25, -0.2) is 15.0 Å². The summed E-state index contributed by atoms with van der Waals surface area (Å²) in [6.07, 6.45) is 8.19. The topological polar surface area (TPSA) is 59.3 Å². The molecule has 1 saturated carbocycles. The second kappa shape index (κ2) is 9.75. The van der Waals surface area contributed by atoms with Gasteiger partial charge in [-0.1, -0.05) is 89.3 Å². The van der Waals surface area contributed by atoms with E-state index in [9.17, 15) is 4.79 Å². The fourth-order valence-electron chi connectivity index (χ4n) is 5.93. The Hall–Kier alpha value is -3.51. The van der Waals surface area contributed by atoms with Gasteiger partial charge in [0.05, 0.1) is 23.2 Å². The zero-order chi connectivity index (χ0) is 25.4. The Morgan fingerprint density at radius 1 is 0.973 bits per heavy atom. The van der Waals surface area contributed by atoms with Crippen LogP contribution in [0.25, 0.3) is 16.9 Å². The van der Waals surface area contributed by atoms with Crippen molar-refractivity contribution < 1.29 is 0 Å². The third-order valence-electron chi connectivity index (χ3n) is 7.77. The minimum Gasteiger partial charge on any atom is -0.268 e. The third-order valence-corrected chi connectivity index (χ3v) is 8.29. The number of hydrogen-bond acceptors (Lipinski definition) is 4. The number of nitrogens with one attached hydrogen (secondary N) is 1. The summed E-state index contributed by atoms with van der Waals surface area (Å²) in [6.45, 7) is 2.05. The number of hydrogen-bond donors (Lipinski definition) is 1. The number of aromatic nitrogens is 2. The summed E-state index contributed by atoms with van der Waals surface area (Å²) in [6, 6.07) is 24.4. The molecule has 37 heavy (non-hydrogen) atoms. The summed E-state index contributed by atoms with van der Waals surface area (Å²) in [5.41, 5.74) is 9.84. The van der Waals surface area contributed by atoms with Gasteiger partial charge in [0.25, 0.3) is 5.56 Å². The van der Waals surface area contributed by atoms with Crippen LogP contribution in [0.5, 0.6) is 0 Å². The first kappa shape index (κ1) is 23.9. The van der Waals surface area contributed by atoms with Crippen molar-refractivity contribution in [3.63, 3.8) is 0 Å². The van der Waals surface area contributed by atoms with E-state index < -0.39 is 0 Å². The van der Waals surface area contributed by atoms with Gasteiger partial charge in [0, 0.05) is 15.5 Å². The van der Waals surface area contributed by atoms with E-state index in [4.69, 9.17) is 4.98 Å². The molecule has 1 fully saturated rings. The second-order valence-electron chi connectivity index (χ2n) is 10.2. The molecular formula is C31H29BrN4O. The number of aryl methyl sites for hydroxylation is 1. The molecule has 1 spiro atoms. The molecular weight excluding hydrogens is 524 g/mol. The van der Waals surface area contributed by atoms with Crippen LogP contribution in [-0.2, 0) is 11.8 Å². The number of rotatable bonds is 4. The van der Waals surface area contributed by atoms with Crippen molar-refractivity contribution in [2.45, 2.75) is 50.9 Å². The summed E-state index contributed by atoms with van der Waals surface area (Å²) in [5.74, 6) is 0.420. The molecule has 6 rings (SSSR count). The zero-order valence-electron chi connectivity index (χ0n) is 20.9. The molecule has 0 amide bonds. The van der Waals surface area contributed by atoms with Crippen LogP contribution in [0.15, 0.2) is 87.2 Å². The van der Waals surface area contributed by atoms with Gasteiger partial charge in [-0.05, 0) is 61.6 Å². The molecule has 0 atom stereocenters. The second-order valence-corrected chi connectivity index (χ2v) is 11.1. The van der Waals surface area contributed by atoms with E-state index in [0.29, 0.717) is 5.95 Å². The van der Waals surface area contributed by atoms with Crippen LogP contribution in [0.2, 0.25) is 0 Å². The number of fused-ring (bicyclic) bond motifs is 4. The molecule has 0 saturated heterocycles. The minimum atomic E-state index is -0.169. The highest BCUT2D eigenvalue weighted by atomic mass is 79.9. The van der Waals surface area contributed by atoms with Crippen molar-refractivity contribution in [2.75, 3.05) is 5.43 Å². The van der Waals surface area contributed by atoms with Gasteiger partial charge in [-0.2, -0.15) is 5.10 Å². The largest absolute Gasteiger partial charge is 0.268 e. The van der Waals surface area contributed by atoms with Crippen LogP contribution in [0.1, 0.15) is 54.4 Å². The van der Waals surface area contributed by atoms with Gasteiger partial charge < -0.3 is 0 Å². The fourth-order valence-corrected chi connectivity index (χ4v) is 6.19. The number of nitrogens with zero attached hydrogens (tertiary/aromatic N) is 3. The molecule has 5 nitrogen and oxygen atoms in total. The number of benzene rings is 3. The predicted octanol–water partition coefficient (Wildman–Crippen LogP) is 7.17. The molecule has 6 heteroatoms. The van der Waals surface area contributed by atoms with E-state index in [2.05, 4.69) is 44.7 Å². The SMILES string of the molecule is Cc1ccc(-n2c(N/N=C/c3ccc(Br)cc3)nc3c(c2=O)C2(CCCCC2)Cc2ccccc2-3)cc1. The normalized spacial score (nSPS) is 15.9. The fraction of sp³-hybridized carbons (Fsp3) is 0.258.